The van der Waals surface area contributed by atoms with Gasteiger partial charge in [0.15, 0.2) is 0 Å². The predicted molar refractivity (Wildman–Crippen MR) is 106 cm³/mol. The van der Waals surface area contributed by atoms with E-state index in [1.54, 1.807) is 23.2 Å². The Labute approximate surface area is 167 Å². The van der Waals surface area contributed by atoms with E-state index < -0.39 is 16.8 Å². The van der Waals surface area contributed by atoms with Crippen LogP contribution in [0.2, 0.25) is 0 Å². The Kier molecular flexibility index (Phi) is 6.06. The van der Waals surface area contributed by atoms with Crippen molar-refractivity contribution in [2.75, 3.05) is 18.4 Å². The van der Waals surface area contributed by atoms with Gasteiger partial charge in [0.1, 0.15) is 5.69 Å². The molecule has 1 saturated heterocycles. The number of aliphatic carboxylic acids is 1. The van der Waals surface area contributed by atoms with Gasteiger partial charge in [-0.25, -0.2) is 0 Å². The van der Waals surface area contributed by atoms with Crippen molar-refractivity contribution >= 4 is 23.3 Å². The molecular weight excluding hydrogens is 376 g/mol. The maximum atomic E-state index is 12.7. The molecular formula is C20H22N4O5. The van der Waals surface area contributed by atoms with Crippen LogP contribution in [0.15, 0.2) is 42.6 Å². The second-order valence-electron chi connectivity index (χ2n) is 7.01. The van der Waals surface area contributed by atoms with Crippen molar-refractivity contribution in [1.29, 1.82) is 0 Å². The van der Waals surface area contributed by atoms with E-state index in [2.05, 4.69) is 10.3 Å². The van der Waals surface area contributed by atoms with Crippen molar-refractivity contribution in [2.24, 2.45) is 5.92 Å². The zero-order valence-corrected chi connectivity index (χ0v) is 15.9. The molecule has 1 aromatic heterocycles. The van der Waals surface area contributed by atoms with Crippen LogP contribution in [0.1, 0.15) is 41.9 Å². The van der Waals surface area contributed by atoms with Crippen molar-refractivity contribution in [3.63, 3.8) is 0 Å². The van der Waals surface area contributed by atoms with Gasteiger partial charge in [-0.05, 0) is 44.0 Å². The molecule has 9 nitrogen and oxygen atoms in total. The molecule has 29 heavy (non-hydrogen) atoms. The number of aromatic nitrogens is 1. The van der Waals surface area contributed by atoms with Gasteiger partial charge in [0, 0.05) is 30.9 Å². The number of anilines is 1. The Morgan fingerprint density at radius 3 is 2.59 bits per heavy atom. The molecule has 0 aliphatic carbocycles. The number of nitrogens with one attached hydrogen (secondary N) is 1. The first kappa shape index (κ1) is 20.2. The fourth-order valence-electron chi connectivity index (χ4n) is 3.39. The van der Waals surface area contributed by atoms with Crippen LogP contribution in [0.4, 0.5) is 11.4 Å². The smallest absolute Gasteiger partial charge is 0.306 e. The molecule has 1 aliphatic heterocycles. The van der Waals surface area contributed by atoms with Gasteiger partial charge in [-0.1, -0.05) is 6.07 Å². The summed E-state index contributed by atoms with van der Waals surface area (Å²) in [5, 5.41) is 23.7. The largest absolute Gasteiger partial charge is 0.481 e. The predicted octanol–water partition coefficient (Wildman–Crippen LogP) is 3.10. The van der Waals surface area contributed by atoms with Crippen LogP contribution in [-0.2, 0) is 4.79 Å². The summed E-state index contributed by atoms with van der Waals surface area (Å²) in [5.41, 5.74) is 1.05. The number of carboxylic acids is 1. The third-order valence-electron chi connectivity index (χ3n) is 5.08. The molecule has 1 amide bonds. The number of hydrogen-bond donors (Lipinski definition) is 2. The number of piperidine rings is 1. The van der Waals surface area contributed by atoms with Crippen LogP contribution < -0.4 is 5.32 Å². The van der Waals surface area contributed by atoms with Gasteiger partial charge in [-0.15, -0.1) is 0 Å². The quantitative estimate of drug-likeness (QED) is 0.565. The summed E-state index contributed by atoms with van der Waals surface area (Å²) in [6, 6.07) is 9.52. The van der Waals surface area contributed by atoms with E-state index in [1.807, 2.05) is 19.1 Å². The van der Waals surface area contributed by atoms with Gasteiger partial charge in [0.2, 0.25) is 0 Å². The third kappa shape index (κ3) is 4.68. The highest BCUT2D eigenvalue weighted by Crippen LogP contribution is 2.30. The lowest BCUT2D eigenvalue weighted by Crippen LogP contribution is -2.40. The Morgan fingerprint density at radius 2 is 2.00 bits per heavy atom. The van der Waals surface area contributed by atoms with Crippen LogP contribution in [0, 0.1) is 16.0 Å². The monoisotopic (exact) mass is 398 g/mol. The second kappa shape index (κ2) is 8.68. The third-order valence-corrected chi connectivity index (χ3v) is 5.08. The Balaban J connectivity index is 1.76. The van der Waals surface area contributed by atoms with E-state index in [0.717, 1.165) is 5.69 Å². The minimum atomic E-state index is -0.856. The van der Waals surface area contributed by atoms with Crippen molar-refractivity contribution in [3.05, 3.63) is 64.0 Å². The number of carbonyl (C=O) groups excluding carboxylic acids is 1. The number of carbonyl (C=O) groups is 2. The van der Waals surface area contributed by atoms with Gasteiger partial charge >= 0.3 is 5.97 Å². The van der Waals surface area contributed by atoms with Crippen LogP contribution in [-0.4, -0.2) is 44.9 Å². The number of benzene rings is 1. The first-order valence-electron chi connectivity index (χ1n) is 9.35. The number of pyridine rings is 1. The molecule has 2 aromatic rings. The Morgan fingerprint density at radius 1 is 1.28 bits per heavy atom. The maximum Gasteiger partial charge on any atom is 0.306 e. The van der Waals surface area contributed by atoms with Crippen LogP contribution >= 0.6 is 0 Å². The topological polar surface area (TPSA) is 126 Å². The Hall–Kier alpha value is -3.49. The van der Waals surface area contributed by atoms with Crippen molar-refractivity contribution in [2.45, 2.75) is 25.8 Å². The summed E-state index contributed by atoms with van der Waals surface area (Å²) < 4.78 is 0. The zero-order chi connectivity index (χ0) is 21.0. The highest BCUT2D eigenvalue weighted by Gasteiger charge is 2.28. The van der Waals surface area contributed by atoms with Gasteiger partial charge in [-0.2, -0.15) is 0 Å². The molecule has 2 N–H and O–H groups in total. The highest BCUT2D eigenvalue weighted by atomic mass is 16.6. The first-order chi connectivity index (χ1) is 13.9. The van der Waals surface area contributed by atoms with E-state index >= 15 is 0 Å². The molecule has 1 aromatic carbocycles. The van der Waals surface area contributed by atoms with Gasteiger partial charge in [-0.3, -0.25) is 24.7 Å². The number of nitro benzene ring substituents is 1. The number of nitro groups is 1. The number of rotatable bonds is 6. The second-order valence-corrected chi connectivity index (χ2v) is 7.01. The molecule has 0 saturated carbocycles. The summed E-state index contributed by atoms with van der Waals surface area (Å²) >= 11 is 0. The molecule has 1 unspecified atom stereocenters. The van der Waals surface area contributed by atoms with E-state index in [9.17, 15) is 19.7 Å². The minimum Gasteiger partial charge on any atom is -0.481 e. The van der Waals surface area contributed by atoms with Crippen LogP contribution in [0.25, 0.3) is 0 Å². The fourth-order valence-corrected chi connectivity index (χ4v) is 3.39. The number of amides is 1. The summed E-state index contributed by atoms with van der Waals surface area (Å²) in [6.45, 7) is 2.48. The standard InChI is InChI=1S/C20H22N4O5/c1-13(16-4-2-3-9-21-16)22-17-6-5-15(12-18(17)24(28)29)19(25)23-10-7-14(8-11-23)20(26)27/h2-6,9,12-14,22H,7-8,10-11H2,1H3,(H,26,27). The molecule has 1 aliphatic rings. The van der Waals surface area contributed by atoms with Crippen molar-refractivity contribution < 1.29 is 19.6 Å². The average molecular weight is 398 g/mol. The molecule has 152 valence electrons. The lowest BCUT2D eigenvalue weighted by atomic mass is 9.96. The average Bonchev–Trinajstić information content (AvgIpc) is 2.74. The molecule has 9 heteroatoms. The molecule has 0 spiro atoms. The number of likely N-dealkylation sites (tertiary alicyclic amines) is 1. The fraction of sp³-hybridized carbons (Fsp3) is 0.350. The number of carboxylic acid groups (broad SMARTS) is 1. The molecule has 0 bridgehead atoms. The van der Waals surface area contributed by atoms with Crippen LogP contribution in [0.3, 0.4) is 0 Å². The number of nitrogens with zero attached hydrogens (tertiary/aromatic N) is 3. The molecule has 0 radical (unpaired) electrons. The Bertz CT molecular complexity index is 910. The van der Waals surface area contributed by atoms with E-state index in [1.165, 1.54) is 12.1 Å². The van der Waals surface area contributed by atoms with E-state index in [-0.39, 0.29) is 23.2 Å². The molecule has 2 heterocycles. The first-order valence-corrected chi connectivity index (χ1v) is 9.35. The summed E-state index contributed by atoms with van der Waals surface area (Å²) in [5.74, 6) is -1.64. The highest BCUT2D eigenvalue weighted by molar-refractivity contribution is 5.96. The summed E-state index contributed by atoms with van der Waals surface area (Å²) in [4.78, 5) is 40.6. The van der Waals surface area contributed by atoms with Gasteiger partial charge < -0.3 is 15.3 Å². The summed E-state index contributed by atoms with van der Waals surface area (Å²) in [6.07, 6.45) is 2.41. The van der Waals surface area contributed by atoms with E-state index in [4.69, 9.17) is 5.11 Å². The number of hydrogen-bond acceptors (Lipinski definition) is 6. The lowest BCUT2D eigenvalue weighted by Gasteiger charge is -2.30. The van der Waals surface area contributed by atoms with Gasteiger partial charge in [0.25, 0.3) is 11.6 Å². The lowest BCUT2D eigenvalue weighted by molar-refractivity contribution is -0.384. The normalized spacial score (nSPS) is 15.6. The van der Waals surface area contributed by atoms with Crippen molar-refractivity contribution in [3.8, 4) is 0 Å². The van der Waals surface area contributed by atoms with E-state index in [0.29, 0.717) is 31.6 Å². The summed E-state index contributed by atoms with van der Waals surface area (Å²) in [7, 11) is 0. The van der Waals surface area contributed by atoms with Crippen LogP contribution in [0.5, 0.6) is 0 Å². The van der Waals surface area contributed by atoms with Gasteiger partial charge in [0.05, 0.1) is 22.6 Å². The molecule has 1 atom stereocenters. The zero-order valence-electron chi connectivity index (χ0n) is 15.9. The molecule has 3 rings (SSSR count). The SMILES string of the molecule is CC(Nc1ccc(C(=O)N2CCC(C(=O)O)CC2)cc1[N+](=O)[O-])c1ccccn1. The minimum absolute atomic E-state index is 0.195. The maximum absolute atomic E-state index is 12.7. The van der Waals surface area contributed by atoms with Crippen molar-refractivity contribution in [1.82, 2.24) is 9.88 Å². The molecule has 1 fully saturated rings.